The van der Waals surface area contributed by atoms with Crippen LogP contribution in [0.2, 0.25) is 0 Å². The number of fused-ring (bicyclic) bond motifs is 1. The average Bonchev–Trinajstić information content (AvgIpc) is 3.39. The molecular weight excluding hydrogens is 500 g/mol. The lowest BCUT2D eigenvalue weighted by atomic mass is 9.87. The molecule has 2 aromatic rings. The maximum atomic E-state index is 13.0. The summed E-state index contributed by atoms with van der Waals surface area (Å²) in [4.78, 5) is 63.4. The van der Waals surface area contributed by atoms with Crippen molar-refractivity contribution in [3.05, 3.63) is 57.5 Å². The van der Waals surface area contributed by atoms with Gasteiger partial charge in [-0.1, -0.05) is 0 Å². The van der Waals surface area contributed by atoms with Crippen LogP contribution in [0.4, 0.5) is 10.7 Å². The van der Waals surface area contributed by atoms with E-state index < -0.39 is 52.1 Å². The summed E-state index contributed by atoms with van der Waals surface area (Å²) in [6, 6.07) is 7.89. The van der Waals surface area contributed by atoms with E-state index in [4.69, 9.17) is 10.5 Å². The second kappa shape index (κ2) is 9.64. The van der Waals surface area contributed by atoms with E-state index in [1.54, 1.807) is 17.5 Å². The summed E-state index contributed by atoms with van der Waals surface area (Å²) in [6.45, 7) is -0.982. The van der Waals surface area contributed by atoms with Crippen molar-refractivity contribution in [2.24, 2.45) is 11.1 Å². The fourth-order valence-electron chi connectivity index (χ4n) is 3.92. The van der Waals surface area contributed by atoms with Crippen molar-refractivity contribution in [3.63, 3.8) is 0 Å². The fraction of sp³-hybridized carbons (Fsp3) is 0.333. The molecule has 35 heavy (non-hydrogen) atoms. The van der Waals surface area contributed by atoms with E-state index >= 15 is 0 Å². The zero-order valence-electron chi connectivity index (χ0n) is 18.1. The van der Waals surface area contributed by atoms with Gasteiger partial charge in [0, 0.05) is 24.4 Å². The molecule has 2 fully saturated rings. The van der Waals surface area contributed by atoms with Gasteiger partial charge in [-0.3, -0.25) is 34.2 Å². The fourth-order valence-corrected chi connectivity index (χ4v) is 6.27. The third-order valence-corrected chi connectivity index (χ3v) is 8.22. The number of ether oxygens (including phenoxy) is 1. The van der Waals surface area contributed by atoms with Gasteiger partial charge < -0.3 is 20.5 Å². The Bertz CT molecular complexity index is 1170. The van der Waals surface area contributed by atoms with Crippen molar-refractivity contribution in [2.75, 3.05) is 23.7 Å². The second-order valence-electron chi connectivity index (χ2n) is 7.92. The van der Waals surface area contributed by atoms with E-state index in [2.05, 4.69) is 0 Å². The molecule has 2 aliphatic rings. The molecule has 2 aliphatic heterocycles. The Morgan fingerprint density at radius 3 is 2.57 bits per heavy atom. The number of benzene rings is 1. The number of carbonyl (C=O) groups excluding carboxylic acids is 3. The minimum Gasteiger partial charge on any atom is -0.480 e. The molecule has 0 bridgehead atoms. The number of non-ortho nitro benzene ring substituents is 1. The number of thioether (sulfide) groups is 1. The highest BCUT2D eigenvalue weighted by molar-refractivity contribution is 8.00. The summed E-state index contributed by atoms with van der Waals surface area (Å²) in [5, 5.41) is 22.5. The van der Waals surface area contributed by atoms with Crippen LogP contribution in [0, 0.1) is 15.5 Å². The predicted molar refractivity (Wildman–Crippen MR) is 126 cm³/mol. The van der Waals surface area contributed by atoms with Gasteiger partial charge in [-0.25, -0.2) is 0 Å². The maximum absolute atomic E-state index is 13.0. The van der Waals surface area contributed by atoms with Crippen molar-refractivity contribution in [1.29, 1.82) is 0 Å². The molecule has 1 aromatic carbocycles. The summed E-state index contributed by atoms with van der Waals surface area (Å²) >= 11 is 2.36. The van der Waals surface area contributed by atoms with Gasteiger partial charge in [0.15, 0.2) is 5.41 Å². The molecule has 2 saturated heterocycles. The Balaban J connectivity index is 1.48. The molecule has 12 nitrogen and oxygen atoms in total. The lowest BCUT2D eigenvalue weighted by molar-refractivity contribution is -0.384. The van der Waals surface area contributed by atoms with Crippen LogP contribution in [0.3, 0.4) is 0 Å². The van der Waals surface area contributed by atoms with E-state index in [-0.39, 0.29) is 24.6 Å². The van der Waals surface area contributed by atoms with Gasteiger partial charge in [-0.15, -0.1) is 23.1 Å². The van der Waals surface area contributed by atoms with E-state index in [9.17, 15) is 34.4 Å². The Morgan fingerprint density at radius 1 is 1.29 bits per heavy atom. The van der Waals surface area contributed by atoms with Crippen LogP contribution in [-0.4, -0.2) is 68.9 Å². The molecule has 0 aliphatic carbocycles. The van der Waals surface area contributed by atoms with Crippen molar-refractivity contribution in [1.82, 2.24) is 4.90 Å². The SMILES string of the molecule is NCC(=O)N(c1cccs1)C1C(=O)N2CC(C(=O)O)(C(=O)OCc3ccc([N+](=O)[O-])cc3)CS[C@H]12. The first-order chi connectivity index (χ1) is 16.7. The number of thiophene rings is 1. The van der Waals surface area contributed by atoms with Crippen LogP contribution in [0.1, 0.15) is 5.56 Å². The van der Waals surface area contributed by atoms with E-state index in [0.717, 1.165) is 11.8 Å². The minimum atomic E-state index is -1.99. The molecule has 0 saturated carbocycles. The number of anilines is 1. The number of nitro benzene ring substituents is 1. The summed E-state index contributed by atoms with van der Waals surface area (Å²) in [5.41, 5.74) is 3.86. The zero-order chi connectivity index (χ0) is 25.3. The first-order valence-corrected chi connectivity index (χ1v) is 12.2. The first-order valence-electron chi connectivity index (χ1n) is 10.3. The molecule has 0 radical (unpaired) electrons. The molecule has 0 spiro atoms. The molecule has 1 aromatic heterocycles. The predicted octanol–water partition coefficient (Wildman–Crippen LogP) is 1.05. The normalized spacial score (nSPS) is 23.1. The number of hydrogen-bond donors (Lipinski definition) is 2. The van der Waals surface area contributed by atoms with Crippen molar-refractivity contribution in [3.8, 4) is 0 Å². The Hall–Kier alpha value is -3.49. The van der Waals surface area contributed by atoms with Gasteiger partial charge in [0.2, 0.25) is 11.8 Å². The van der Waals surface area contributed by atoms with Crippen molar-refractivity contribution < 1.29 is 33.9 Å². The van der Waals surface area contributed by atoms with E-state index in [0.29, 0.717) is 10.6 Å². The Labute approximate surface area is 206 Å². The van der Waals surface area contributed by atoms with E-state index in [1.807, 2.05) is 0 Å². The number of aliphatic carboxylic acids is 1. The van der Waals surface area contributed by atoms with Crippen LogP contribution >= 0.6 is 23.1 Å². The van der Waals surface area contributed by atoms with Crippen molar-refractivity contribution >= 4 is 57.5 Å². The quantitative estimate of drug-likeness (QED) is 0.168. The molecule has 3 N–H and O–H groups in total. The topological polar surface area (TPSA) is 173 Å². The van der Waals surface area contributed by atoms with Gasteiger partial charge in [0.05, 0.1) is 16.5 Å². The number of amides is 2. The lowest BCUT2D eigenvalue weighted by Crippen LogP contribution is -2.75. The molecule has 3 heterocycles. The molecule has 14 heteroatoms. The lowest BCUT2D eigenvalue weighted by Gasteiger charge is -2.55. The summed E-state index contributed by atoms with van der Waals surface area (Å²) in [5.74, 6) is -3.53. The summed E-state index contributed by atoms with van der Waals surface area (Å²) < 4.78 is 5.24. The Morgan fingerprint density at radius 2 is 2.00 bits per heavy atom. The van der Waals surface area contributed by atoms with Crippen LogP contribution in [-0.2, 0) is 30.5 Å². The average molecular weight is 521 g/mol. The van der Waals surface area contributed by atoms with Gasteiger partial charge in [0.1, 0.15) is 18.0 Å². The number of hydrogen-bond acceptors (Lipinski definition) is 10. The third-order valence-electron chi connectivity index (χ3n) is 5.84. The molecule has 4 rings (SSSR count). The maximum Gasteiger partial charge on any atom is 0.326 e. The summed E-state index contributed by atoms with van der Waals surface area (Å²) in [6.07, 6.45) is 0. The van der Waals surface area contributed by atoms with Crippen LogP contribution < -0.4 is 10.6 Å². The first kappa shape index (κ1) is 24.6. The molecule has 2 amide bonds. The highest BCUT2D eigenvalue weighted by Gasteiger charge is 2.62. The number of carboxylic acids is 1. The van der Waals surface area contributed by atoms with Crippen LogP contribution in [0.5, 0.6) is 0 Å². The standard InChI is InChI=1S/C21H20N4O8S2/c22-8-14(26)24(15-2-1-7-34-15)16-17(27)23-10-21(19(28)29,11-35-18(16)23)20(30)33-9-12-3-5-13(6-4-12)25(31)32/h1-7,16,18H,8-11,22H2,(H,28,29)/t16?,18-,21?/m1/s1. The monoisotopic (exact) mass is 520 g/mol. The third kappa shape index (κ3) is 4.35. The molecule has 184 valence electrons. The number of carboxylic acid groups (broad SMARTS) is 1. The number of rotatable bonds is 8. The van der Waals surface area contributed by atoms with Gasteiger partial charge in [0.25, 0.3) is 5.69 Å². The van der Waals surface area contributed by atoms with E-state index in [1.165, 1.54) is 45.4 Å². The highest BCUT2D eigenvalue weighted by atomic mass is 32.2. The zero-order valence-corrected chi connectivity index (χ0v) is 19.7. The molecule has 3 atom stereocenters. The number of nitrogens with two attached hydrogens (primary N) is 1. The van der Waals surface area contributed by atoms with Gasteiger partial charge in [-0.05, 0) is 35.2 Å². The summed E-state index contributed by atoms with van der Waals surface area (Å²) in [7, 11) is 0. The molecular formula is C21H20N4O8S2. The molecule has 2 unspecified atom stereocenters. The number of nitro groups is 1. The van der Waals surface area contributed by atoms with Crippen molar-refractivity contribution in [2.45, 2.75) is 18.0 Å². The van der Waals surface area contributed by atoms with Gasteiger partial charge in [-0.2, -0.15) is 0 Å². The number of carbonyl (C=O) groups is 4. The van der Waals surface area contributed by atoms with Crippen LogP contribution in [0.25, 0.3) is 0 Å². The highest BCUT2D eigenvalue weighted by Crippen LogP contribution is 2.46. The minimum absolute atomic E-state index is 0.132. The number of nitrogens with zero attached hydrogens (tertiary/aromatic N) is 3. The smallest absolute Gasteiger partial charge is 0.326 e. The van der Waals surface area contributed by atoms with Gasteiger partial charge >= 0.3 is 11.9 Å². The van der Waals surface area contributed by atoms with Crippen LogP contribution in [0.15, 0.2) is 41.8 Å². The second-order valence-corrected chi connectivity index (χ2v) is 9.95. The largest absolute Gasteiger partial charge is 0.480 e. The Kier molecular flexibility index (Phi) is 6.78. The number of β-lactam (4-membered cyclic amide) rings is 1. The number of esters is 1.